The molecule has 0 aliphatic heterocycles. The molecule has 0 bridgehead atoms. The third kappa shape index (κ3) is 15.7. The van der Waals surface area contributed by atoms with Crippen molar-refractivity contribution in [3.05, 3.63) is 534 Å². The lowest BCUT2D eigenvalue weighted by atomic mass is 9.99. The molecule has 0 spiro atoms. The van der Waals surface area contributed by atoms with Crippen LogP contribution in [-0.4, -0.2) is 58.1 Å². The number of rotatable bonds is 11. The predicted molar refractivity (Wildman–Crippen MR) is 624 cm³/mol. The largest absolute Gasteiger partial charge is 0.293 e. The van der Waals surface area contributed by atoms with Gasteiger partial charge in [0.2, 0.25) is 0 Å². The van der Waals surface area contributed by atoms with E-state index in [1.54, 1.807) is 0 Å². The van der Waals surface area contributed by atoms with Crippen LogP contribution in [0.25, 0.3) is 276 Å². The van der Waals surface area contributed by atoms with Crippen LogP contribution in [0.15, 0.2) is 534 Å². The van der Waals surface area contributed by atoms with Crippen LogP contribution in [0.4, 0.5) is 0 Å². The van der Waals surface area contributed by atoms with Crippen molar-refractivity contribution in [2.75, 3.05) is 0 Å². The van der Waals surface area contributed by atoms with Gasteiger partial charge in [0.1, 0.15) is 23.3 Å². The van der Waals surface area contributed by atoms with Crippen LogP contribution in [0.2, 0.25) is 0 Å². The van der Waals surface area contributed by atoms with Crippen molar-refractivity contribution in [3.63, 3.8) is 0 Å². The van der Waals surface area contributed by atoms with Crippen LogP contribution in [0.5, 0.6) is 0 Å². The van der Waals surface area contributed by atoms with Gasteiger partial charge in [-0.25, -0.2) is 39.9 Å². The van der Waals surface area contributed by atoms with E-state index < -0.39 is 18.1 Å². The second-order valence-corrected chi connectivity index (χ2v) is 37.7. The number of nitrogens with zero attached hydrogens (tertiary/aromatic N) is 12. The minimum atomic E-state index is -0.445. The molecule has 23 aromatic carbocycles. The Morgan fingerprint density at radius 2 is 0.320 bits per heavy atom. The predicted octanol–water partition coefficient (Wildman–Crippen LogP) is 35.2. The summed E-state index contributed by atoms with van der Waals surface area (Å²) in [6, 6.07) is 173. The Labute approximate surface area is 869 Å². The Bertz CT molecular complexity index is 11100. The summed E-state index contributed by atoms with van der Waals surface area (Å²) in [5.41, 5.74) is 22.3. The van der Waals surface area contributed by atoms with Gasteiger partial charge in [0.25, 0.3) is 0 Å². The van der Waals surface area contributed by atoms with Gasteiger partial charge in [-0.1, -0.05) is 412 Å². The molecular formula is C138H88N12. The van der Waals surface area contributed by atoms with Crippen molar-refractivity contribution in [2.45, 2.75) is 0 Å². The van der Waals surface area contributed by atoms with Gasteiger partial charge in [0, 0.05) is 86.9 Å². The molecule has 12 heteroatoms. The molecular weight excluding hydrogens is 1830 g/mol. The van der Waals surface area contributed by atoms with Gasteiger partial charge in [-0.15, -0.1) is 0 Å². The second-order valence-electron chi connectivity index (χ2n) is 37.7. The minimum Gasteiger partial charge on any atom is -0.293 e. The Morgan fingerprint density at radius 1 is 0.133 bits per heavy atom. The molecule has 0 atom stereocenters. The minimum absolute atomic E-state index is 0.0192. The molecule has 31 aromatic rings. The van der Waals surface area contributed by atoms with E-state index in [9.17, 15) is 0 Å². The Morgan fingerprint density at radius 3 is 0.580 bits per heavy atom. The lowest BCUT2D eigenvalue weighted by Crippen LogP contribution is -2.02. The van der Waals surface area contributed by atoms with E-state index in [0.29, 0.717) is 17.2 Å². The molecule has 31 rings (SSSR count). The summed E-state index contributed by atoms with van der Waals surface area (Å²) in [6.07, 6.45) is 0. The summed E-state index contributed by atoms with van der Waals surface area (Å²) < 4.78 is 50.4. The first-order valence-electron chi connectivity index (χ1n) is 52.8. The standard InChI is InChI=1S/C42H27N3.C36H23N3.2C30H19N3/c1-2-10-28(11-3-1)29-18-20-30(21-19-29)31-22-24-32(25-23-31)41-43-38-16-8-6-15-36(38)42(44-41)45-39-17-9-7-14-35(39)37-26-33-12-4-5-13-34(33)27-40(37)45;1-2-10-24(11-3-1)25-18-20-26(21-19-25)35-37-32-16-8-6-15-30(32)36(38-35)39-33-17-9-7-14-29(33)31-22-27-12-4-5-13-28(27)23-34(31)39;2*1-2-10-20(11-3-1)29-31-26-16-8-6-15-24(26)30(32-29)33-27-17-9-7-14-23(27)25-18-21-12-4-5-13-22(21)19-28(25)33/h1-27H;1-23H;2*1-19H/i;;1D,2D,3D,10D,11D;. The molecule has 150 heavy (non-hydrogen) atoms. The zero-order valence-electron chi connectivity index (χ0n) is 85.8. The van der Waals surface area contributed by atoms with Crippen molar-refractivity contribution in [3.8, 4) is 102 Å². The quantitative estimate of drug-likeness (QED) is 0.125. The van der Waals surface area contributed by atoms with Crippen LogP contribution < -0.4 is 0 Å². The maximum Gasteiger partial charge on any atom is 0.162 e. The molecule has 0 N–H and O–H groups in total. The molecule has 0 aliphatic rings. The summed E-state index contributed by atoms with van der Waals surface area (Å²) in [5.74, 6) is 5.51. The van der Waals surface area contributed by atoms with Gasteiger partial charge in [-0.05, 0) is 198 Å². The summed E-state index contributed by atoms with van der Waals surface area (Å²) in [7, 11) is 0. The number of hydrogen-bond acceptors (Lipinski definition) is 8. The topological polar surface area (TPSA) is 123 Å². The van der Waals surface area contributed by atoms with Gasteiger partial charge < -0.3 is 0 Å². The SMILES string of the molecule is [2H]c1c([2H])c([2H])c(-c2nc(-n3c4ccccc4c4cc5ccccc5cc43)c3ccccc3n2)c([2H])c1[2H].c1ccc(-c2ccc(-c3ccc(-c4nc(-n5c6ccccc6c6cc7ccccc7cc65)c5ccccc5n4)cc3)cc2)cc1.c1ccc(-c2ccc(-c3nc(-n4c5ccccc5c5cc6ccccc6cc54)c4ccccc4n3)cc2)cc1.c1ccc(-c2nc(-n3c4ccccc4c4cc5ccccc5cc43)c3ccccc3n2)cc1. The summed E-state index contributed by atoms with van der Waals surface area (Å²) in [5, 5.41) is 22.9. The van der Waals surface area contributed by atoms with E-state index in [1.807, 2.05) is 103 Å². The lowest BCUT2D eigenvalue weighted by Gasteiger charge is -2.13. The number of hydrogen-bond donors (Lipinski definition) is 0. The maximum atomic E-state index is 8.52. The first kappa shape index (κ1) is 82.1. The number of aromatic nitrogens is 12. The van der Waals surface area contributed by atoms with E-state index in [0.717, 1.165) is 155 Å². The highest BCUT2D eigenvalue weighted by molar-refractivity contribution is 6.19. The van der Waals surface area contributed by atoms with Gasteiger partial charge >= 0.3 is 0 Å². The van der Waals surface area contributed by atoms with E-state index in [1.165, 1.54) is 92.5 Å². The molecule has 0 amide bonds. The smallest absolute Gasteiger partial charge is 0.162 e. The zero-order chi connectivity index (χ0) is 103. The summed E-state index contributed by atoms with van der Waals surface area (Å²) in [4.78, 5) is 40.2. The summed E-state index contributed by atoms with van der Waals surface area (Å²) in [6.45, 7) is 0. The Kier molecular flexibility index (Phi) is 20.3. The van der Waals surface area contributed by atoms with Crippen LogP contribution in [0.3, 0.4) is 0 Å². The van der Waals surface area contributed by atoms with Gasteiger partial charge in [-0.2, -0.15) is 0 Å². The van der Waals surface area contributed by atoms with Crippen molar-refractivity contribution < 1.29 is 6.85 Å². The van der Waals surface area contributed by atoms with Gasteiger partial charge in [0.05, 0.1) is 73.1 Å². The molecule has 8 aromatic heterocycles. The van der Waals surface area contributed by atoms with Crippen LogP contribution >= 0.6 is 0 Å². The van der Waals surface area contributed by atoms with Crippen LogP contribution in [0, 0.1) is 0 Å². The van der Waals surface area contributed by atoms with Crippen molar-refractivity contribution in [2.24, 2.45) is 0 Å². The first-order chi connectivity index (χ1) is 76.4. The fourth-order valence-corrected chi connectivity index (χ4v) is 21.6. The highest BCUT2D eigenvalue weighted by atomic mass is 15.1. The van der Waals surface area contributed by atoms with Crippen molar-refractivity contribution in [1.82, 2.24) is 58.1 Å². The first-order valence-corrected chi connectivity index (χ1v) is 50.3. The van der Waals surface area contributed by atoms with Gasteiger partial charge in [-0.3, -0.25) is 18.3 Å². The van der Waals surface area contributed by atoms with E-state index in [-0.39, 0.29) is 23.5 Å². The number of benzene rings is 23. The third-order valence-corrected chi connectivity index (χ3v) is 28.8. The summed E-state index contributed by atoms with van der Waals surface area (Å²) >= 11 is 0. The average Bonchev–Trinajstić information content (AvgIpc) is 1.60. The highest BCUT2D eigenvalue weighted by Crippen LogP contribution is 2.45. The third-order valence-electron chi connectivity index (χ3n) is 28.8. The fourth-order valence-electron chi connectivity index (χ4n) is 21.6. The monoisotopic (exact) mass is 1920 g/mol. The highest BCUT2D eigenvalue weighted by Gasteiger charge is 2.26. The van der Waals surface area contributed by atoms with E-state index >= 15 is 0 Å². The molecule has 700 valence electrons. The molecule has 0 saturated heterocycles. The molecule has 0 saturated carbocycles. The number of para-hydroxylation sites is 8. The molecule has 0 aliphatic carbocycles. The zero-order valence-corrected chi connectivity index (χ0v) is 80.8. The van der Waals surface area contributed by atoms with Crippen molar-refractivity contribution in [1.29, 1.82) is 0 Å². The van der Waals surface area contributed by atoms with Gasteiger partial charge in [0.15, 0.2) is 23.3 Å². The number of fused-ring (bicyclic) bond motifs is 20. The van der Waals surface area contributed by atoms with Crippen LogP contribution in [-0.2, 0) is 0 Å². The maximum absolute atomic E-state index is 8.52. The molecule has 8 heterocycles. The average molecular weight is 1920 g/mol. The fraction of sp³-hybridized carbons (Fsp3) is 0. The Hall–Kier alpha value is -20.3. The normalized spacial score (nSPS) is 12.1. The Balaban J connectivity index is 0.0000000988. The molecule has 12 nitrogen and oxygen atoms in total. The second kappa shape index (κ2) is 37.1. The van der Waals surface area contributed by atoms with E-state index in [4.69, 9.17) is 41.7 Å². The molecule has 0 fully saturated rings. The van der Waals surface area contributed by atoms with E-state index in [2.05, 4.69) is 424 Å². The molecule has 0 radical (unpaired) electrons. The molecule has 0 unspecified atom stereocenters. The lowest BCUT2D eigenvalue weighted by molar-refractivity contribution is 1.08. The van der Waals surface area contributed by atoms with Crippen LogP contribution in [0.1, 0.15) is 6.85 Å². The van der Waals surface area contributed by atoms with Crippen molar-refractivity contribution >= 4 is 174 Å².